The molecule has 32 heavy (non-hydrogen) atoms. The van der Waals surface area contributed by atoms with Crippen molar-refractivity contribution in [1.29, 1.82) is 0 Å². The first-order valence-electron chi connectivity index (χ1n) is 10.5. The Hall–Kier alpha value is -3.80. The number of anilines is 2. The fourth-order valence-corrected chi connectivity index (χ4v) is 3.90. The normalized spacial score (nSPS) is 11.9. The average molecular weight is 429 g/mol. The molecule has 4 aromatic rings. The second-order valence-corrected chi connectivity index (χ2v) is 7.91. The van der Waals surface area contributed by atoms with Gasteiger partial charge in [0.1, 0.15) is 11.6 Å². The molecule has 0 aliphatic heterocycles. The van der Waals surface area contributed by atoms with Gasteiger partial charge in [0.05, 0.1) is 19.7 Å². The van der Waals surface area contributed by atoms with Crippen LogP contribution in [0.15, 0.2) is 54.6 Å². The van der Waals surface area contributed by atoms with Gasteiger partial charge >= 0.3 is 0 Å². The van der Waals surface area contributed by atoms with Gasteiger partial charge in [-0.2, -0.15) is 0 Å². The highest BCUT2D eigenvalue weighted by Gasteiger charge is 2.15. The van der Waals surface area contributed by atoms with Crippen molar-refractivity contribution in [2.75, 3.05) is 25.3 Å². The number of hydrogen-bond donors (Lipinski definition) is 2. The molecule has 6 nitrogen and oxygen atoms in total. The third kappa shape index (κ3) is 4.17. The smallest absolute Gasteiger partial charge is 0.162 e. The molecule has 1 heterocycles. The molecule has 0 radical (unpaired) electrons. The maximum Gasteiger partial charge on any atom is 0.162 e. The minimum atomic E-state index is 0.0157. The molecule has 1 atom stereocenters. The Bertz CT molecular complexity index is 1290. The van der Waals surface area contributed by atoms with Crippen LogP contribution >= 0.6 is 0 Å². The van der Waals surface area contributed by atoms with Crippen molar-refractivity contribution in [3.8, 4) is 22.6 Å². The lowest BCUT2D eigenvalue weighted by Crippen LogP contribution is -2.10. The molecule has 0 amide bonds. The van der Waals surface area contributed by atoms with Crippen LogP contribution < -0.4 is 20.5 Å². The third-order valence-electron chi connectivity index (χ3n) is 5.63. The number of ether oxygens (including phenoxy) is 2. The number of methoxy groups -OCH3 is 2. The van der Waals surface area contributed by atoms with Crippen LogP contribution in [-0.4, -0.2) is 24.2 Å². The molecular weight excluding hydrogens is 400 g/mol. The standard InChI is InChI=1S/C26H28N4O2/c1-15-9-10-20(27)12-21(15)19-8-6-7-18(11-19)16(2)28-26-22-13-24(31-4)25(32-5)14-23(22)29-17(3)30-26/h6-14,16H,27H2,1-5H3,(H,28,29,30). The van der Waals surface area contributed by atoms with Crippen molar-refractivity contribution in [2.45, 2.75) is 26.8 Å². The van der Waals surface area contributed by atoms with E-state index in [9.17, 15) is 0 Å². The summed E-state index contributed by atoms with van der Waals surface area (Å²) < 4.78 is 10.9. The van der Waals surface area contributed by atoms with Crippen LogP contribution in [0, 0.1) is 13.8 Å². The predicted octanol–water partition coefficient (Wildman–Crippen LogP) is 5.69. The first-order valence-corrected chi connectivity index (χ1v) is 10.5. The lowest BCUT2D eigenvalue weighted by molar-refractivity contribution is 0.356. The molecule has 3 aromatic carbocycles. The largest absolute Gasteiger partial charge is 0.493 e. The van der Waals surface area contributed by atoms with Crippen LogP contribution in [0.5, 0.6) is 11.5 Å². The highest BCUT2D eigenvalue weighted by atomic mass is 16.5. The Morgan fingerprint density at radius 1 is 0.906 bits per heavy atom. The number of nitrogens with zero attached hydrogens (tertiary/aromatic N) is 2. The predicted molar refractivity (Wildman–Crippen MR) is 130 cm³/mol. The quantitative estimate of drug-likeness (QED) is 0.384. The summed E-state index contributed by atoms with van der Waals surface area (Å²) in [5.74, 6) is 2.72. The number of fused-ring (bicyclic) bond motifs is 1. The fraction of sp³-hybridized carbons (Fsp3) is 0.231. The van der Waals surface area contributed by atoms with E-state index in [4.69, 9.17) is 15.2 Å². The van der Waals surface area contributed by atoms with Crippen LogP contribution in [0.25, 0.3) is 22.0 Å². The van der Waals surface area contributed by atoms with Gasteiger partial charge in [-0.05, 0) is 67.3 Å². The number of nitrogen functional groups attached to an aromatic ring is 1. The maximum absolute atomic E-state index is 6.03. The van der Waals surface area contributed by atoms with E-state index < -0.39 is 0 Å². The zero-order valence-corrected chi connectivity index (χ0v) is 19.1. The van der Waals surface area contributed by atoms with Crippen molar-refractivity contribution >= 4 is 22.4 Å². The van der Waals surface area contributed by atoms with Gasteiger partial charge in [0.25, 0.3) is 0 Å². The topological polar surface area (TPSA) is 82.3 Å². The Morgan fingerprint density at radius 3 is 2.41 bits per heavy atom. The lowest BCUT2D eigenvalue weighted by atomic mass is 9.96. The van der Waals surface area contributed by atoms with Crippen LogP contribution in [0.2, 0.25) is 0 Å². The highest BCUT2D eigenvalue weighted by Crippen LogP contribution is 2.35. The molecule has 1 unspecified atom stereocenters. The second kappa shape index (κ2) is 8.75. The Labute approximate surface area is 188 Å². The zero-order chi connectivity index (χ0) is 22.8. The Balaban J connectivity index is 1.71. The van der Waals surface area contributed by atoms with E-state index in [0.29, 0.717) is 17.3 Å². The molecule has 0 bridgehead atoms. The first-order chi connectivity index (χ1) is 15.4. The Morgan fingerprint density at radius 2 is 1.66 bits per heavy atom. The summed E-state index contributed by atoms with van der Waals surface area (Å²) in [6, 6.07) is 18.3. The highest BCUT2D eigenvalue weighted by molar-refractivity contribution is 5.92. The number of nitrogens with two attached hydrogens (primary N) is 1. The van der Waals surface area contributed by atoms with Gasteiger partial charge < -0.3 is 20.5 Å². The molecule has 1 aromatic heterocycles. The summed E-state index contributed by atoms with van der Waals surface area (Å²) in [7, 11) is 3.24. The number of benzene rings is 3. The van der Waals surface area contributed by atoms with E-state index >= 15 is 0 Å². The fourth-order valence-electron chi connectivity index (χ4n) is 3.90. The van der Waals surface area contributed by atoms with Crippen molar-refractivity contribution in [3.63, 3.8) is 0 Å². The van der Waals surface area contributed by atoms with E-state index in [1.807, 2.05) is 31.2 Å². The number of aryl methyl sites for hydroxylation is 2. The van der Waals surface area contributed by atoms with Gasteiger partial charge in [-0.1, -0.05) is 24.3 Å². The van der Waals surface area contributed by atoms with E-state index in [1.165, 1.54) is 5.56 Å². The van der Waals surface area contributed by atoms with Gasteiger partial charge in [-0.15, -0.1) is 0 Å². The molecule has 0 spiro atoms. The molecule has 3 N–H and O–H groups in total. The lowest BCUT2D eigenvalue weighted by Gasteiger charge is -2.19. The molecule has 0 saturated heterocycles. The maximum atomic E-state index is 6.03. The summed E-state index contributed by atoms with van der Waals surface area (Å²) in [5, 5.41) is 4.44. The number of rotatable bonds is 6. The van der Waals surface area contributed by atoms with Gasteiger partial charge in [0.2, 0.25) is 0 Å². The summed E-state index contributed by atoms with van der Waals surface area (Å²) in [5.41, 5.74) is 12.2. The first kappa shape index (κ1) is 21.4. The van der Waals surface area contributed by atoms with Crippen LogP contribution in [0.1, 0.15) is 29.9 Å². The molecule has 6 heteroatoms. The second-order valence-electron chi connectivity index (χ2n) is 7.91. The van der Waals surface area contributed by atoms with Crippen LogP contribution in [0.3, 0.4) is 0 Å². The molecule has 4 rings (SSSR count). The van der Waals surface area contributed by atoms with E-state index in [1.54, 1.807) is 14.2 Å². The summed E-state index contributed by atoms with van der Waals surface area (Å²) in [6.45, 7) is 6.10. The molecule has 164 valence electrons. The molecule has 0 aliphatic carbocycles. The molecule has 0 saturated carbocycles. The van der Waals surface area contributed by atoms with E-state index in [0.717, 1.165) is 39.1 Å². The van der Waals surface area contributed by atoms with E-state index in [2.05, 4.69) is 59.5 Å². The Kier molecular flexibility index (Phi) is 5.86. The van der Waals surface area contributed by atoms with Gasteiger partial charge in [0, 0.05) is 23.2 Å². The van der Waals surface area contributed by atoms with E-state index in [-0.39, 0.29) is 6.04 Å². The van der Waals surface area contributed by atoms with Crippen LogP contribution in [-0.2, 0) is 0 Å². The SMILES string of the molecule is COc1cc2nc(C)nc(NC(C)c3cccc(-c4cc(N)ccc4C)c3)c2cc1OC. The van der Waals surface area contributed by atoms with Gasteiger partial charge in [-0.25, -0.2) is 9.97 Å². The average Bonchev–Trinajstić information content (AvgIpc) is 2.79. The minimum absolute atomic E-state index is 0.0157. The summed E-state index contributed by atoms with van der Waals surface area (Å²) in [4.78, 5) is 9.24. The number of hydrogen-bond acceptors (Lipinski definition) is 6. The number of aromatic nitrogens is 2. The molecular formula is C26H28N4O2. The minimum Gasteiger partial charge on any atom is -0.493 e. The van der Waals surface area contributed by atoms with Crippen molar-refractivity contribution < 1.29 is 9.47 Å². The van der Waals surface area contributed by atoms with Gasteiger partial charge in [0.15, 0.2) is 11.5 Å². The van der Waals surface area contributed by atoms with Gasteiger partial charge in [-0.3, -0.25) is 0 Å². The molecule has 0 aliphatic rings. The van der Waals surface area contributed by atoms with Crippen molar-refractivity contribution in [2.24, 2.45) is 0 Å². The summed E-state index contributed by atoms with van der Waals surface area (Å²) in [6.07, 6.45) is 0. The van der Waals surface area contributed by atoms with Crippen molar-refractivity contribution in [1.82, 2.24) is 9.97 Å². The third-order valence-corrected chi connectivity index (χ3v) is 5.63. The van der Waals surface area contributed by atoms with Crippen molar-refractivity contribution in [3.05, 3.63) is 71.5 Å². The van der Waals surface area contributed by atoms with Crippen LogP contribution in [0.4, 0.5) is 11.5 Å². The monoisotopic (exact) mass is 428 g/mol. The summed E-state index contributed by atoms with van der Waals surface area (Å²) >= 11 is 0. The molecule has 0 fully saturated rings. The zero-order valence-electron chi connectivity index (χ0n) is 19.1. The number of nitrogens with one attached hydrogen (secondary N) is 1.